The molecule has 1 N–H and O–H groups in total. The van der Waals surface area contributed by atoms with E-state index in [0.717, 1.165) is 14.7 Å². The van der Waals surface area contributed by atoms with Crippen LogP contribution in [0.25, 0.3) is 6.08 Å². The average molecular weight is 643 g/mol. The van der Waals surface area contributed by atoms with Crippen molar-refractivity contribution in [1.29, 1.82) is 0 Å². The second-order valence-electron chi connectivity index (χ2n) is 8.45. The Balaban J connectivity index is 1.61. The summed E-state index contributed by atoms with van der Waals surface area (Å²) in [6, 6.07) is 18.4. The van der Waals surface area contributed by atoms with Crippen LogP contribution in [0.3, 0.4) is 0 Å². The number of amides is 1. The summed E-state index contributed by atoms with van der Waals surface area (Å²) < 4.78 is 12.9. The molecule has 9 heteroatoms. The summed E-state index contributed by atoms with van der Waals surface area (Å²) >= 11 is 3.48. The number of rotatable bonds is 9. The van der Waals surface area contributed by atoms with Gasteiger partial charge in [0.1, 0.15) is 6.61 Å². The monoisotopic (exact) mass is 642 g/mol. The minimum atomic E-state index is -1.03. The van der Waals surface area contributed by atoms with Crippen molar-refractivity contribution >= 4 is 63.2 Å². The van der Waals surface area contributed by atoms with Crippen molar-refractivity contribution in [3.8, 4) is 11.5 Å². The Hall–Kier alpha value is -3.31. The summed E-state index contributed by atoms with van der Waals surface area (Å²) in [5.41, 5.74) is 3.68. The maximum atomic E-state index is 13.2. The fraction of sp³-hybridized carbons (Fsp3) is 0.207. The van der Waals surface area contributed by atoms with E-state index in [2.05, 4.69) is 39.7 Å². The third-order valence-electron chi connectivity index (χ3n) is 5.66. The van der Waals surface area contributed by atoms with Crippen molar-refractivity contribution in [1.82, 2.24) is 4.90 Å². The number of hydrogen-bond acceptors (Lipinski definition) is 6. The highest BCUT2D eigenvalue weighted by atomic mass is 127. The van der Waals surface area contributed by atoms with Crippen molar-refractivity contribution in [3.05, 3.63) is 91.4 Å². The lowest BCUT2D eigenvalue weighted by atomic mass is 10.1. The maximum Gasteiger partial charge on any atom is 0.335 e. The zero-order chi connectivity index (χ0) is 27.2. The zero-order valence-corrected chi connectivity index (χ0v) is 24.2. The molecule has 1 fully saturated rings. The van der Waals surface area contributed by atoms with E-state index in [9.17, 15) is 14.7 Å². The second-order valence-corrected chi connectivity index (χ2v) is 10.6. The predicted molar refractivity (Wildman–Crippen MR) is 159 cm³/mol. The van der Waals surface area contributed by atoms with Crippen LogP contribution < -0.4 is 9.47 Å². The van der Waals surface area contributed by atoms with E-state index in [1.165, 1.54) is 29.5 Å². The number of likely N-dealkylation sites (N-methyl/N-ethyl adjacent to an activating group) is 1. The van der Waals surface area contributed by atoms with E-state index in [1.807, 2.05) is 51.1 Å². The van der Waals surface area contributed by atoms with Crippen LogP contribution in [0.4, 0.5) is 5.69 Å². The number of thioether (sulfide) groups is 1. The third-order valence-corrected chi connectivity index (χ3v) is 7.46. The van der Waals surface area contributed by atoms with Crippen LogP contribution in [-0.2, 0) is 11.4 Å². The first-order valence-corrected chi connectivity index (χ1v) is 14.0. The summed E-state index contributed by atoms with van der Waals surface area (Å²) in [6.07, 6.45) is 1.82. The summed E-state index contributed by atoms with van der Waals surface area (Å²) in [5, 5.41) is 9.78. The zero-order valence-electron chi connectivity index (χ0n) is 21.2. The number of ether oxygens (including phenoxy) is 2. The van der Waals surface area contributed by atoms with Gasteiger partial charge in [0.25, 0.3) is 5.91 Å². The Morgan fingerprint density at radius 3 is 2.55 bits per heavy atom. The van der Waals surface area contributed by atoms with Gasteiger partial charge in [-0.05, 0) is 103 Å². The smallest absolute Gasteiger partial charge is 0.335 e. The van der Waals surface area contributed by atoms with Crippen molar-refractivity contribution in [2.75, 3.05) is 13.2 Å². The molecular formula is C29H27IN2O5S. The van der Waals surface area contributed by atoms with Crippen LogP contribution in [-0.4, -0.2) is 40.2 Å². The molecule has 1 aliphatic heterocycles. The number of benzene rings is 3. The molecule has 0 atom stereocenters. The van der Waals surface area contributed by atoms with E-state index >= 15 is 0 Å². The molecule has 0 bridgehead atoms. The van der Waals surface area contributed by atoms with E-state index in [-0.39, 0.29) is 11.5 Å². The van der Waals surface area contributed by atoms with Gasteiger partial charge in [-0.25, -0.2) is 9.79 Å². The third kappa shape index (κ3) is 6.57. The molecule has 3 aromatic carbocycles. The average Bonchev–Trinajstić information content (AvgIpc) is 3.18. The summed E-state index contributed by atoms with van der Waals surface area (Å²) in [4.78, 5) is 31.2. The number of carboxylic acid groups (broad SMARTS) is 1. The van der Waals surface area contributed by atoms with Gasteiger partial charge in [0.2, 0.25) is 0 Å². The van der Waals surface area contributed by atoms with Gasteiger partial charge in [-0.2, -0.15) is 0 Å². The van der Waals surface area contributed by atoms with Gasteiger partial charge in [0.15, 0.2) is 16.7 Å². The number of amidine groups is 1. The molecule has 1 heterocycles. The molecule has 1 amide bonds. The largest absolute Gasteiger partial charge is 0.490 e. The second kappa shape index (κ2) is 12.5. The minimum absolute atomic E-state index is 0.141. The number of hydrogen-bond donors (Lipinski definition) is 1. The van der Waals surface area contributed by atoms with Crippen LogP contribution in [0.15, 0.2) is 70.6 Å². The molecule has 0 radical (unpaired) electrons. The lowest BCUT2D eigenvalue weighted by Crippen LogP contribution is -2.28. The Morgan fingerprint density at radius 2 is 1.87 bits per heavy atom. The molecule has 7 nitrogen and oxygen atoms in total. The SMILES string of the molecule is CCOc1cc(/C=C2\SC(=Nc3cccc(C(=O)O)c3)N(CC)C2=O)cc(I)c1OCc1ccc(C)cc1. The number of carbonyl (C=O) groups excluding carboxylic acids is 1. The maximum absolute atomic E-state index is 13.2. The molecule has 0 aromatic heterocycles. The van der Waals surface area contributed by atoms with Gasteiger partial charge >= 0.3 is 5.97 Å². The minimum Gasteiger partial charge on any atom is -0.490 e. The highest BCUT2D eigenvalue weighted by molar-refractivity contribution is 14.1. The van der Waals surface area contributed by atoms with Gasteiger partial charge in [0, 0.05) is 6.54 Å². The first-order chi connectivity index (χ1) is 18.3. The summed E-state index contributed by atoms with van der Waals surface area (Å²) in [6.45, 7) is 7.17. The lowest BCUT2D eigenvalue weighted by Gasteiger charge is -2.15. The standard InChI is InChI=1S/C29H27IN2O5S/c1-4-32-27(33)25(38-29(32)31-22-8-6-7-21(16-22)28(34)35)15-20-13-23(30)26(24(14-20)36-5-2)37-17-19-11-9-18(3)10-12-19/h6-16H,4-5,17H2,1-3H3,(H,34,35)/b25-15-,31-29?. The Labute approximate surface area is 239 Å². The number of halogens is 1. The summed E-state index contributed by atoms with van der Waals surface area (Å²) in [5.74, 6) is 0.0938. The van der Waals surface area contributed by atoms with Crippen molar-refractivity contribution in [3.63, 3.8) is 0 Å². The molecule has 1 aliphatic rings. The van der Waals surface area contributed by atoms with Gasteiger partial charge < -0.3 is 14.6 Å². The Morgan fingerprint density at radius 1 is 1.11 bits per heavy atom. The van der Waals surface area contributed by atoms with Crippen LogP contribution in [0.2, 0.25) is 0 Å². The van der Waals surface area contributed by atoms with E-state index < -0.39 is 5.97 Å². The van der Waals surface area contributed by atoms with E-state index in [1.54, 1.807) is 17.0 Å². The van der Waals surface area contributed by atoms with Crippen LogP contribution in [0.5, 0.6) is 11.5 Å². The highest BCUT2D eigenvalue weighted by Gasteiger charge is 2.32. The molecule has 196 valence electrons. The molecule has 3 aromatic rings. The molecule has 38 heavy (non-hydrogen) atoms. The van der Waals surface area contributed by atoms with Gasteiger partial charge in [-0.1, -0.05) is 35.9 Å². The number of carbonyl (C=O) groups is 2. The highest BCUT2D eigenvalue weighted by Crippen LogP contribution is 2.38. The topological polar surface area (TPSA) is 88.4 Å². The fourth-order valence-corrected chi connectivity index (χ4v) is 5.60. The number of carboxylic acids is 1. The Bertz CT molecular complexity index is 1420. The van der Waals surface area contributed by atoms with Gasteiger partial charge in [-0.15, -0.1) is 0 Å². The molecule has 4 rings (SSSR count). The van der Waals surface area contributed by atoms with Crippen LogP contribution in [0, 0.1) is 10.5 Å². The van der Waals surface area contributed by atoms with E-state index in [4.69, 9.17) is 9.47 Å². The number of aryl methyl sites for hydroxylation is 1. The molecule has 0 saturated carbocycles. The number of aliphatic imine (C=N–C) groups is 1. The lowest BCUT2D eigenvalue weighted by molar-refractivity contribution is -0.122. The normalized spacial score (nSPS) is 15.4. The van der Waals surface area contributed by atoms with Crippen molar-refractivity contribution in [2.45, 2.75) is 27.4 Å². The fourth-order valence-electron chi connectivity index (χ4n) is 3.75. The number of nitrogens with zero attached hydrogens (tertiary/aromatic N) is 2. The van der Waals surface area contributed by atoms with Crippen molar-refractivity contribution < 1.29 is 24.2 Å². The van der Waals surface area contributed by atoms with Gasteiger partial charge in [0.05, 0.1) is 26.3 Å². The molecular weight excluding hydrogens is 615 g/mol. The van der Waals surface area contributed by atoms with E-state index in [0.29, 0.717) is 47.0 Å². The molecule has 1 saturated heterocycles. The van der Waals surface area contributed by atoms with Gasteiger partial charge in [-0.3, -0.25) is 9.69 Å². The molecule has 0 spiro atoms. The first kappa shape index (κ1) is 27.7. The molecule has 0 unspecified atom stereocenters. The predicted octanol–water partition coefficient (Wildman–Crippen LogP) is 6.90. The van der Waals surface area contributed by atoms with Crippen molar-refractivity contribution in [2.24, 2.45) is 4.99 Å². The molecule has 0 aliphatic carbocycles. The van der Waals surface area contributed by atoms with Crippen LogP contribution >= 0.6 is 34.4 Å². The van der Waals surface area contributed by atoms with Crippen LogP contribution in [0.1, 0.15) is 40.9 Å². The number of aromatic carboxylic acids is 1. The first-order valence-electron chi connectivity index (χ1n) is 12.1. The Kier molecular flexibility index (Phi) is 9.11. The summed E-state index contributed by atoms with van der Waals surface area (Å²) in [7, 11) is 0. The quantitative estimate of drug-likeness (QED) is 0.202.